The molecule has 3 N–H and O–H groups in total. The first-order valence-corrected chi connectivity index (χ1v) is 10.8. The van der Waals surface area contributed by atoms with Crippen molar-refractivity contribution in [3.8, 4) is 0 Å². The topological polar surface area (TPSA) is 97.0 Å². The minimum absolute atomic E-state index is 0.0561. The first kappa shape index (κ1) is 21.6. The molecule has 2 aromatic carbocycles. The lowest BCUT2D eigenvalue weighted by atomic mass is 10.1. The zero-order chi connectivity index (χ0) is 21.5. The van der Waals surface area contributed by atoms with Crippen LogP contribution in [0.5, 0.6) is 0 Å². The number of nitrogen functional groups attached to an aromatic ring is 1. The van der Waals surface area contributed by atoms with E-state index in [1.807, 2.05) is 57.3 Å². The van der Waals surface area contributed by atoms with Crippen LogP contribution in [0.4, 0.5) is 17.6 Å². The summed E-state index contributed by atoms with van der Waals surface area (Å²) in [7, 11) is 1.81. The Labute approximate surface area is 181 Å². The molecule has 1 amide bonds. The van der Waals surface area contributed by atoms with Crippen LogP contribution < -0.4 is 11.1 Å². The first-order valence-electron chi connectivity index (χ1n) is 9.60. The number of nitrogens with two attached hydrogens (primary N) is 1. The lowest BCUT2D eigenvalue weighted by molar-refractivity contribution is -0.127. The molecule has 8 heteroatoms. The number of carbonyl (C=O) groups excluding carboxylic acids is 1. The number of nitrogens with zero attached hydrogens (tertiary/aromatic N) is 4. The maximum Gasteiger partial charge on any atom is 0.232 e. The average molecular weight is 423 g/mol. The number of hydrogen-bond acceptors (Lipinski definition) is 7. The number of carbonyl (C=O) groups is 1. The average Bonchev–Trinajstić information content (AvgIpc) is 2.71. The zero-order valence-electron chi connectivity index (χ0n) is 17.4. The van der Waals surface area contributed by atoms with Crippen LogP contribution >= 0.6 is 11.8 Å². The van der Waals surface area contributed by atoms with Gasteiger partial charge in [0, 0.05) is 19.3 Å². The molecule has 0 bridgehead atoms. The highest BCUT2D eigenvalue weighted by atomic mass is 32.2. The van der Waals surface area contributed by atoms with Gasteiger partial charge in [-0.2, -0.15) is 15.0 Å². The number of aromatic nitrogens is 3. The van der Waals surface area contributed by atoms with Gasteiger partial charge in [0.1, 0.15) is 5.82 Å². The summed E-state index contributed by atoms with van der Waals surface area (Å²) >= 11 is 1.45. The standard InChI is InChI=1S/C22H26N6OS/c1-15-4-8-17(9-5-15)12-28(3)20(29)14-30-13-19-25-21(23)27-22(26-19)24-18-10-6-16(2)7-11-18/h4-11H,12-14H2,1-3H3,(H3,23,24,25,26,27). The van der Waals surface area contributed by atoms with Crippen molar-refractivity contribution in [1.29, 1.82) is 0 Å². The molecule has 0 saturated carbocycles. The molecule has 0 spiro atoms. The molecule has 0 fully saturated rings. The van der Waals surface area contributed by atoms with Crippen molar-refractivity contribution in [1.82, 2.24) is 19.9 Å². The van der Waals surface area contributed by atoms with E-state index in [1.165, 1.54) is 22.9 Å². The highest BCUT2D eigenvalue weighted by molar-refractivity contribution is 7.99. The molecule has 0 atom stereocenters. The second-order valence-electron chi connectivity index (χ2n) is 7.15. The van der Waals surface area contributed by atoms with E-state index in [0.717, 1.165) is 11.3 Å². The van der Waals surface area contributed by atoms with Crippen molar-refractivity contribution in [2.24, 2.45) is 0 Å². The Morgan fingerprint density at radius 2 is 1.63 bits per heavy atom. The van der Waals surface area contributed by atoms with Gasteiger partial charge in [0.2, 0.25) is 17.8 Å². The van der Waals surface area contributed by atoms with Crippen molar-refractivity contribution in [3.63, 3.8) is 0 Å². The van der Waals surface area contributed by atoms with Crippen LogP contribution in [0.3, 0.4) is 0 Å². The fourth-order valence-electron chi connectivity index (χ4n) is 2.72. The number of rotatable bonds is 8. The van der Waals surface area contributed by atoms with E-state index >= 15 is 0 Å². The number of nitrogens with one attached hydrogen (secondary N) is 1. The largest absolute Gasteiger partial charge is 0.368 e. The number of benzene rings is 2. The SMILES string of the molecule is Cc1ccc(CN(C)C(=O)CSCc2nc(N)nc(Nc3ccc(C)cc3)n2)cc1. The summed E-state index contributed by atoms with van der Waals surface area (Å²) in [6.07, 6.45) is 0. The zero-order valence-corrected chi connectivity index (χ0v) is 18.2. The summed E-state index contributed by atoms with van der Waals surface area (Å²) in [5.41, 5.74) is 10.2. The molecule has 3 rings (SSSR count). The molecule has 156 valence electrons. The minimum atomic E-state index is 0.0561. The van der Waals surface area contributed by atoms with E-state index in [-0.39, 0.29) is 11.9 Å². The third-order valence-electron chi connectivity index (χ3n) is 4.43. The minimum Gasteiger partial charge on any atom is -0.368 e. The van der Waals surface area contributed by atoms with E-state index in [9.17, 15) is 4.79 Å². The Kier molecular flexibility index (Phi) is 7.24. The summed E-state index contributed by atoms with van der Waals surface area (Å²) in [6.45, 7) is 4.66. The molecule has 0 unspecified atom stereocenters. The lowest BCUT2D eigenvalue weighted by Gasteiger charge is -2.17. The maximum atomic E-state index is 12.4. The molecule has 30 heavy (non-hydrogen) atoms. The normalized spacial score (nSPS) is 10.6. The van der Waals surface area contributed by atoms with Crippen molar-refractivity contribution in [3.05, 3.63) is 71.0 Å². The molecule has 7 nitrogen and oxygen atoms in total. The van der Waals surface area contributed by atoms with Gasteiger partial charge in [0.25, 0.3) is 0 Å². The molecule has 0 aliphatic rings. The smallest absolute Gasteiger partial charge is 0.232 e. The molecule has 3 aromatic rings. The monoisotopic (exact) mass is 422 g/mol. The van der Waals surface area contributed by atoms with Gasteiger partial charge in [-0.15, -0.1) is 11.8 Å². The Balaban J connectivity index is 1.52. The van der Waals surface area contributed by atoms with Gasteiger partial charge in [0.05, 0.1) is 11.5 Å². The third kappa shape index (κ3) is 6.45. The molecule has 1 aromatic heterocycles. The molecule has 0 aliphatic carbocycles. The molecular weight excluding hydrogens is 396 g/mol. The fourth-order valence-corrected chi connectivity index (χ4v) is 3.53. The number of aryl methyl sites for hydroxylation is 2. The van der Waals surface area contributed by atoms with Gasteiger partial charge in [-0.25, -0.2) is 0 Å². The van der Waals surface area contributed by atoms with Crippen LogP contribution in [0.25, 0.3) is 0 Å². The van der Waals surface area contributed by atoms with Gasteiger partial charge in [-0.1, -0.05) is 47.5 Å². The van der Waals surface area contributed by atoms with E-state index in [0.29, 0.717) is 29.8 Å². The van der Waals surface area contributed by atoms with Gasteiger partial charge < -0.3 is 16.0 Å². The Morgan fingerprint density at radius 3 is 2.30 bits per heavy atom. The predicted octanol–water partition coefficient (Wildman–Crippen LogP) is 3.71. The fraction of sp³-hybridized carbons (Fsp3) is 0.273. The number of anilines is 3. The van der Waals surface area contributed by atoms with E-state index in [2.05, 4.69) is 32.4 Å². The van der Waals surface area contributed by atoms with Gasteiger partial charge in [-0.3, -0.25) is 4.79 Å². The van der Waals surface area contributed by atoms with Crippen molar-refractivity contribution >= 4 is 35.3 Å². The number of thioether (sulfide) groups is 1. The maximum absolute atomic E-state index is 12.4. The highest BCUT2D eigenvalue weighted by Crippen LogP contribution is 2.17. The van der Waals surface area contributed by atoms with Gasteiger partial charge in [0.15, 0.2) is 0 Å². The van der Waals surface area contributed by atoms with Crippen LogP contribution in [-0.2, 0) is 17.1 Å². The Hall–Kier alpha value is -3.13. The van der Waals surface area contributed by atoms with Crippen LogP contribution in [0.1, 0.15) is 22.5 Å². The first-order chi connectivity index (χ1) is 14.4. The number of amides is 1. The molecule has 0 saturated heterocycles. The second-order valence-corrected chi connectivity index (χ2v) is 8.14. The Morgan fingerprint density at radius 1 is 1.00 bits per heavy atom. The van der Waals surface area contributed by atoms with Crippen molar-refractivity contribution < 1.29 is 4.79 Å². The van der Waals surface area contributed by atoms with Gasteiger partial charge in [-0.05, 0) is 31.5 Å². The number of hydrogen-bond donors (Lipinski definition) is 2. The molecule has 0 radical (unpaired) electrons. The van der Waals surface area contributed by atoms with Crippen LogP contribution in [0, 0.1) is 13.8 Å². The lowest BCUT2D eigenvalue weighted by Crippen LogP contribution is -2.27. The van der Waals surface area contributed by atoms with E-state index in [1.54, 1.807) is 4.90 Å². The second kappa shape index (κ2) is 10.1. The van der Waals surface area contributed by atoms with Crippen LogP contribution in [0.15, 0.2) is 48.5 Å². The summed E-state index contributed by atoms with van der Waals surface area (Å²) in [6, 6.07) is 16.1. The van der Waals surface area contributed by atoms with Crippen molar-refractivity contribution in [2.75, 3.05) is 23.9 Å². The molecule has 1 heterocycles. The summed E-state index contributed by atoms with van der Waals surface area (Å²) < 4.78 is 0. The molecule has 0 aliphatic heterocycles. The van der Waals surface area contributed by atoms with Crippen LogP contribution in [-0.4, -0.2) is 38.6 Å². The Bertz CT molecular complexity index is 992. The third-order valence-corrected chi connectivity index (χ3v) is 5.34. The van der Waals surface area contributed by atoms with E-state index in [4.69, 9.17) is 5.73 Å². The van der Waals surface area contributed by atoms with Crippen LogP contribution in [0.2, 0.25) is 0 Å². The predicted molar refractivity (Wildman–Crippen MR) is 123 cm³/mol. The summed E-state index contributed by atoms with van der Waals surface area (Å²) in [5, 5.41) is 3.13. The van der Waals surface area contributed by atoms with Gasteiger partial charge >= 0.3 is 0 Å². The summed E-state index contributed by atoms with van der Waals surface area (Å²) in [4.78, 5) is 26.9. The highest BCUT2D eigenvalue weighted by Gasteiger charge is 2.11. The van der Waals surface area contributed by atoms with Crippen molar-refractivity contribution in [2.45, 2.75) is 26.1 Å². The summed E-state index contributed by atoms with van der Waals surface area (Å²) in [5.74, 6) is 1.95. The molecular formula is C22H26N6OS. The van der Waals surface area contributed by atoms with E-state index < -0.39 is 0 Å². The quantitative estimate of drug-likeness (QED) is 0.571.